The van der Waals surface area contributed by atoms with E-state index in [9.17, 15) is 0 Å². The van der Waals surface area contributed by atoms with Crippen molar-refractivity contribution in [3.63, 3.8) is 0 Å². The van der Waals surface area contributed by atoms with E-state index in [4.69, 9.17) is 0 Å². The molecule has 0 amide bonds. The lowest BCUT2D eigenvalue weighted by Crippen LogP contribution is -2.45. The number of aryl methyl sites for hydroxylation is 1. The van der Waals surface area contributed by atoms with Crippen LogP contribution in [0.1, 0.15) is 45.6 Å². The topological polar surface area (TPSA) is 24.9 Å². The van der Waals surface area contributed by atoms with Crippen LogP contribution in [0.3, 0.4) is 0 Å². The number of hydrogen-bond acceptors (Lipinski definition) is 2. The third kappa shape index (κ3) is 1.58. The van der Waals surface area contributed by atoms with E-state index in [2.05, 4.69) is 44.1 Å². The second-order valence-corrected chi connectivity index (χ2v) is 7.18. The van der Waals surface area contributed by atoms with Gasteiger partial charge in [-0.05, 0) is 54.6 Å². The number of hydrogen-bond donors (Lipinski definition) is 1. The largest absolute Gasteiger partial charge is 0.381 e. The first-order chi connectivity index (χ1) is 8.43. The fraction of sp³-hybridized carbons (Fsp3) is 0.688. The van der Waals surface area contributed by atoms with Crippen molar-refractivity contribution in [2.75, 3.05) is 5.32 Å². The molecule has 0 aliphatic heterocycles. The number of anilines is 1. The predicted octanol–water partition coefficient (Wildman–Crippen LogP) is 4.02. The van der Waals surface area contributed by atoms with Crippen LogP contribution < -0.4 is 5.32 Å². The summed E-state index contributed by atoms with van der Waals surface area (Å²) in [6, 6.07) is 2.70. The van der Waals surface area contributed by atoms with E-state index < -0.39 is 0 Å². The van der Waals surface area contributed by atoms with Gasteiger partial charge in [0, 0.05) is 24.1 Å². The standard InChI is InChI=1S/C16H24N2/c1-11-10-17-8-6-13(11)18-14-15(2,3)12-5-7-16(14,4)9-12/h6,8,10,12,14H,5,7,9H2,1-4H3,(H,17,18). The van der Waals surface area contributed by atoms with Gasteiger partial charge < -0.3 is 5.32 Å². The Kier molecular flexibility index (Phi) is 2.48. The number of aromatic nitrogens is 1. The highest BCUT2D eigenvalue weighted by molar-refractivity contribution is 5.50. The molecule has 1 heterocycles. The van der Waals surface area contributed by atoms with Crippen LogP contribution in [0.5, 0.6) is 0 Å². The lowest BCUT2D eigenvalue weighted by molar-refractivity contribution is 0.155. The number of rotatable bonds is 2. The monoisotopic (exact) mass is 244 g/mol. The summed E-state index contributed by atoms with van der Waals surface area (Å²) in [5.41, 5.74) is 3.39. The highest BCUT2D eigenvalue weighted by Gasteiger charge is 2.59. The van der Waals surface area contributed by atoms with E-state index in [1.807, 2.05) is 12.4 Å². The van der Waals surface area contributed by atoms with Gasteiger partial charge in [0.15, 0.2) is 0 Å². The molecular weight excluding hydrogens is 220 g/mol. The van der Waals surface area contributed by atoms with E-state index >= 15 is 0 Å². The fourth-order valence-corrected chi connectivity index (χ4v) is 4.45. The minimum Gasteiger partial charge on any atom is -0.381 e. The van der Waals surface area contributed by atoms with Gasteiger partial charge in [-0.25, -0.2) is 0 Å². The Morgan fingerprint density at radius 3 is 2.72 bits per heavy atom. The molecule has 3 unspecified atom stereocenters. The fourth-order valence-electron chi connectivity index (χ4n) is 4.45. The molecule has 2 aliphatic carbocycles. The third-order valence-corrected chi connectivity index (χ3v) is 5.59. The molecule has 2 heteroatoms. The Labute approximate surface area is 110 Å². The number of nitrogens with one attached hydrogen (secondary N) is 1. The SMILES string of the molecule is Cc1cnccc1NC1C2(C)CCC(C2)C1(C)C. The quantitative estimate of drug-likeness (QED) is 0.850. The van der Waals surface area contributed by atoms with Gasteiger partial charge in [0.25, 0.3) is 0 Å². The Morgan fingerprint density at radius 2 is 2.11 bits per heavy atom. The second-order valence-electron chi connectivity index (χ2n) is 7.18. The molecule has 0 saturated heterocycles. The van der Waals surface area contributed by atoms with Gasteiger partial charge in [0.2, 0.25) is 0 Å². The van der Waals surface area contributed by atoms with Gasteiger partial charge in [-0.2, -0.15) is 0 Å². The van der Waals surface area contributed by atoms with Gasteiger partial charge in [-0.3, -0.25) is 4.98 Å². The zero-order valence-electron chi connectivity index (χ0n) is 12.0. The van der Waals surface area contributed by atoms with Crippen LogP contribution in [0.2, 0.25) is 0 Å². The minimum absolute atomic E-state index is 0.405. The molecule has 0 spiro atoms. The summed E-state index contributed by atoms with van der Waals surface area (Å²) in [6.45, 7) is 9.49. The van der Waals surface area contributed by atoms with Gasteiger partial charge in [0.1, 0.15) is 0 Å². The molecule has 3 atom stereocenters. The summed E-state index contributed by atoms with van der Waals surface area (Å²) in [4.78, 5) is 4.18. The molecule has 2 nitrogen and oxygen atoms in total. The first-order valence-corrected chi connectivity index (χ1v) is 7.11. The normalized spacial score (nSPS) is 36.9. The van der Waals surface area contributed by atoms with Crippen molar-refractivity contribution in [1.82, 2.24) is 4.98 Å². The van der Waals surface area contributed by atoms with Crippen molar-refractivity contribution in [2.24, 2.45) is 16.7 Å². The Morgan fingerprint density at radius 1 is 1.33 bits per heavy atom. The molecule has 1 aromatic rings. The van der Waals surface area contributed by atoms with Crippen molar-refractivity contribution in [3.8, 4) is 0 Å². The van der Waals surface area contributed by atoms with Crippen molar-refractivity contribution < 1.29 is 0 Å². The first kappa shape index (κ1) is 12.0. The number of fused-ring (bicyclic) bond motifs is 2. The van der Waals surface area contributed by atoms with Crippen LogP contribution in [0.15, 0.2) is 18.5 Å². The van der Waals surface area contributed by atoms with E-state index in [1.165, 1.54) is 30.5 Å². The average molecular weight is 244 g/mol. The van der Waals surface area contributed by atoms with E-state index in [-0.39, 0.29) is 0 Å². The summed E-state index contributed by atoms with van der Waals surface area (Å²) >= 11 is 0. The van der Waals surface area contributed by atoms with Gasteiger partial charge in [-0.1, -0.05) is 20.8 Å². The van der Waals surface area contributed by atoms with E-state index in [0.717, 1.165) is 5.92 Å². The molecule has 18 heavy (non-hydrogen) atoms. The minimum atomic E-state index is 0.405. The van der Waals surface area contributed by atoms with Gasteiger partial charge in [0.05, 0.1) is 0 Å². The van der Waals surface area contributed by atoms with E-state index in [0.29, 0.717) is 16.9 Å². The third-order valence-electron chi connectivity index (χ3n) is 5.59. The van der Waals surface area contributed by atoms with Gasteiger partial charge in [-0.15, -0.1) is 0 Å². The second kappa shape index (κ2) is 3.72. The molecule has 1 N–H and O–H groups in total. The molecule has 2 fully saturated rings. The maximum Gasteiger partial charge on any atom is 0.0403 e. The van der Waals surface area contributed by atoms with Crippen LogP contribution in [0.25, 0.3) is 0 Å². The molecule has 0 aromatic carbocycles. The first-order valence-electron chi connectivity index (χ1n) is 7.11. The Hall–Kier alpha value is -1.05. The molecule has 98 valence electrons. The molecule has 3 rings (SSSR count). The molecule has 2 saturated carbocycles. The molecule has 2 bridgehead atoms. The van der Waals surface area contributed by atoms with Crippen molar-refractivity contribution in [1.29, 1.82) is 0 Å². The number of nitrogens with zero attached hydrogens (tertiary/aromatic N) is 1. The summed E-state index contributed by atoms with van der Waals surface area (Å²) in [7, 11) is 0. The van der Waals surface area contributed by atoms with Gasteiger partial charge >= 0.3 is 0 Å². The zero-order valence-corrected chi connectivity index (χ0v) is 12.0. The lowest BCUT2D eigenvalue weighted by Gasteiger charge is -2.43. The summed E-state index contributed by atoms with van der Waals surface area (Å²) in [5, 5.41) is 3.83. The molecule has 0 radical (unpaired) electrons. The maximum absolute atomic E-state index is 4.18. The highest BCUT2D eigenvalue weighted by atomic mass is 15.0. The van der Waals surface area contributed by atoms with Crippen LogP contribution in [0.4, 0.5) is 5.69 Å². The van der Waals surface area contributed by atoms with Crippen LogP contribution in [0, 0.1) is 23.7 Å². The summed E-state index contributed by atoms with van der Waals surface area (Å²) in [5.74, 6) is 0.891. The lowest BCUT2D eigenvalue weighted by atomic mass is 9.68. The maximum atomic E-state index is 4.18. The molecule has 1 aromatic heterocycles. The van der Waals surface area contributed by atoms with Crippen LogP contribution in [-0.2, 0) is 0 Å². The molecule has 2 aliphatic rings. The van der Waals surface area contributed by atoms with Crippen molar-refractivity contribution >= 4 is 5.69 Å². The predicted molar refractivity (Wildman–Crippen MR) is 75.6 cm³/mol. The van der Waals surface area contributed by atoms with E-state index in [1.54, 1.807) is 0 Å². The Balaban J connectivity index is 1.91. The Bertz CT molecular complexity index is 461. The smallest absolute Gasteiger partial charge is 0.0403 e. The molecular formula is C16H24N2. The highest BCUT2D eigenvalue weighted by Crippen LogP contribution is 2.63. The summed E-state index contributed by atoms with van der Waals surface area (Å²) < 4.78 is 0. The number of pyridine rings is 1. The van der Waals surface area contributed by atoms with Crippen molar-refractivity contribution in [2.45, 2.75) is 53.0 Å². The summed E-state index contributed by atoms with van der Waals surface area (Å²) in [6.07, 6.45) is 8.02. The van der Waals surface area contributed by atoms with Crippen molar-refractivity contribution in [3.05, 3.63) is 24.0 Å². The average Bonchev–Trinajstić information content (AvgIpc) is 2.78. The van der Waals surface area contributed by atoms with Crippen LogP contribution >= 0.6 is 0 Å². The zero-order chi connectivity index (χ0) is 13.0. The van der Waals surface area contributed by atoms with Crippen LogP contribution in [-0.4, -0.2) is 11.0 Å².